The molecule has 0 radical (unpaired) electrons. The van der Waals surface area contributed by atoms with Gasteiger partial charge in [0.05, 0.1) is 25.8 Å². The maximum atomic E-state index is 12.6. The van der Waals surface area contributed by atoms with E-state index in [9.17, 15) is 19.2 Å². The van der Waals surface area contributed by atoms with Crippen LogP contribution in [0.3, 0.4) is 0 Å². The summed E-state index contributed by atoms with van der Waals surface area (Å²) in [5.41, 5.74) is -0.835. The number of ketones is 1. The van der Waals surface area contributed by atoms with Gasteiger partial charge in [0, 0.05) is 13.2 Å². The molecule has 11 nitrogen and oxygen atoms in total. The summed E-state index contributed by atoms with van der Waals surface area (Å²) >= 11 is 0. The topological polar surface area (TPSA) is 152 Å². The van der Waals surface area contributed by atoms with Crippen LogP contribution < -0.4 is 16.0 Å². The number of amides is 3. The Labute approximate surface area is 200 Å². The minimum absolute atomic E-state index is 0.0231. The second-order valence-corrected chi connectivity index (χ2v) is 8.86. The summed E-state index contributed by atoms with van der Waals surface area (Å²) in [6.07, 6.45) is 1.71. The van der Waals surface area contributed by atoms with Crippen LogP contribution in [0.5, 0.6) is 0 Å². The van der Waals surface area contributed by atoms with Crippen LogP contribution in [0.1, 0.15) is 63.7 Å². The van der Waals surface area contributed by atoms with Gasteiger partial charge in [-0.1, -0.05) is 39.3 Å². The predicted molar refractivity (Wildman–Crippen MR) is 124 cm³/mol. The van der Waals surface area contributed by atoms with E-state index in [1.54, 1.807) is 13.8 Å². The number of Topliss-reactive ketones (excluding diaryl/α,β-unsaturated/α-hetero) is 1. The Balaban J connectivity index is 0.00000182. The number of carbonyl (C=O) groups excluding carboxylic acids is 4. The molecular weight excluding hydrogens is 444 g/mol. The number of methoxy groups -OCH3 is 1. The Morgan fingerprint density at radius 1 is 1.18 bits per heavy atom. The lowest BCUT2D eigenvalue weighted by atomic mass is 9.93. The second kappa shape index (κ2) is 13.8. The van der Waals surface area contributed by atoms with Crippen molar-refractivity contribution < 1.29 is 33.2 Å². The lowest BCUT2D eigenvalue weighted by Crippen LogP contribution is -2.53. The number of carbonyl (C=O) groups is 4. The van der Waals surface area contributed by atoms with Gasteiger partial charge in [-0.3, -0.25) is 19.2 Å². The zero-order chi connectivity index (χ0) is 25.9. The van der Waals surface area contributed by atoms with E-state index in [4.69, 9.17) is 14.0 Å². The van der Waals surface area contributed by atoms with Crippen molar-refractivity contribution in [3.63, 3.8) is 0 Å². The van der Waals surface area contributed by atoms with Crippen molar-refractivity contribution in [2.45, 2.75) is 72.1 Å². The number of ether oxygens (including phenoxy) is 2. The van der Waals surface area contributed by atoms with Crippen molar-refractivity contribution in [2.75, 3.05) is 26.9 Å². The van der Waals surface area contributed by atoms with E-state index >= 15 is 0 Å². The van der Waals surface area contributed by atoms with E-state index in [-0.39, 0.29) is 30.5 Å². The zero-order valence-corrected chi connectivity index (χ0v) is 21.1. The number of hydrogen-bond acceptors (Lipinski definition) is 8. The molecule has 0 bridgehead atoms. The summed E-state index contributed by atoms with van der Waals surface area (Å²) < 4.78 is 15.0. The summed E-state index contributed by atoms with van der Waals surface area (Å²) in [5.74, 6) is -1.31. The van der Waals surface area contributed by atoms with E-state index in [2.05, 4.69) is 35.0 Å². The monoisotopic (exact) mass is 482 g/mol. The van der Waals surface area contributed by atoms with Crippen LogP contribution >= 0.6 is 0 Å². The van der Waals surface area contributed by atoms with Gasteiger partial charge in [-0.05, 0) is 26.2 Å². The molecule has 34 heavy (non-hydrogen) atoms. The average Bonchev–Trinajstić information content (AvgIpc) is 3.36. The third-order valence-electron chi connectivity index (χ3n) is 4.70. The maximum Gasteiger partial charge on any atom is 0.274 e. The first-order valence-corrected chi connectivity index (χ1v) is 11.5. The predicted octanol–water partition coefficient (Wildman–Crippen LogP) is 1.15. The molecule has 11 heteroatoms. The van der Waals surface area contributed by atoms with Crippen LogP contribution in [-0.2, 0) is 23.9 Å². The first-order chi connectivity index (χ1) is 16.0. The van der Waals surface area contributed by atoms with Crippen LogP contribution in [0.4, 0.5) is 0 Å². The average molecular weight is 483 g/mol. The van der Waals surface area contributed by atoms with Crippen molar-refractivity contribution in [2.24, 2.45) is 5.92 Å². The molecule has 0 spiro atoms. The summed E-state index contributed by atoms with van der Waals surface area (Å²) in [7, 11) is 1.38. The van der Waals surface area contributed by atoms with E-state index in [0.717, 1.165) is 0 Å². The van der Waals surface area contributed by atoms with Crippen LogP contribution in [0, 0.1) is 12.8 Å². The summed E-state index contributed by atoms with van der Waals surface area (Å²) in [6, 6.07) is -0.323. The Bertz CT molecular complexity index is 833. The number of aryl methyl sites for hydroxylation is 1. The summed E-state index contributed by atoms with van der Waals surface area (Å²) in [6.45, 7) is 11.3. The minimum atomic E-state index is -1.05. The van der Waals surface area contributed by atoms with Gasteiger partial charge >= 0.3 is 0 Å². The van der Waals surface area contributed by atoms with Gasteiger partial charge in [0.15, 0.2) is 11.5 Å². The van der Waals surface area contributed by atoms with E-state index in [0.29, 0.717) is 18.8 Å². The number of hydrogen-bond donors (Lipinski definition) is 3. The molecule has 3 N–H and O–H groups in total. The number of aromatic nitrogens is 1. The van der Waals surface area contributed by atoms with Crippen LogP contribution in [0.15, 0.2) is 10.6 Å². The highest BCUT2D eigenvalue weighted by Crippen LogP contribution is 2.29. The Kier molecular flexibility index (Phi) is 11.9. The third-order valence-corrected chi connectivity index (χ3v) is 4.70. The molecule has 3 atom stereocenters. The Morgan fingerprint density at radius 2 is 1.79 bits per heavy atom. The van der Waals surface area contributed by atoms with Crippen molar-refractivity contribution in [3.8, 4) is 0 Å². The van der Waals surface area contributed by atoms with Crippen LogP contribution in [0.2, 0.25) is 0 Å². The van der Waals surface area contributed by atoms with Gasteiger partial charge in [-0.25, -0.2) is 0 Å². The number of epoxide rings is 1. The zero-order valence-electron chi connectivity index (χ0n) is 21.1. The molecule has 1 unspecified atom stereocenters. The molecule has 192 valence electrons. The van der Waals surface area contributed by atoms with E-state index in [1.165, 1.54) is 19.6 Å². The van der Waals surface area contributed by atoms with E-state index < -0.39 is 35.4 Å². The summed E-state index contributed by atoms with van der Waals surface area (Å²) in [4.78, 5) is 49.6. The Morgan fingerprint density at radius 3 is 2.26 bits per heavy atom. The molecule has 0 aromatic carbocycles. The molecule has 1 aromatic rings. The number of rotatable bonds is 12. The SMILES string of the molecule is CCC.COCC(NC(=O)c1cc(C)on1)C(=O)NCC(=O)N[C@@H](CC(C)C)C(=O)[C@@]1(C)CO1. The van der Waals surface area contributed by atoms with E-state index in [1.807, 2.05) is 13.8 Å². The third kappa shape index (κ3) is 9.60. The van der Waals surface area contributed by atoms with Crippen LogP contribution in [-0.4, -0.2) is 73.2 Å². The molecule has 0 saturated carbocycles. The lowest BCUT2D eigenvalue weighted by molar-refractivity contribution is -0.131. The normalized spacial score (nSPS) is 18.2. The molecule has 0 aliphatic carbocycles. The fourth-order valence-electron chi connectivity index (χ4n) is 2.91. The molecule has 2 rings (SSSR count). The van der Waals surface area contributed by atoms with Gasteiger partial charge in [0.2, 0.25) is 11.8 Å². The fraction of sp³-hybridized carbons (Fsp3) is 0.696. The molecule has 2 heterocycles. The van der Waals surface area contributed by atoms with Crippen molar-refractivity contribution in [1.82, 2.24) is 21.1 Å². The quantitative estimate of drug-likeness (QED) is 0.375. The van der Waals surface area contributed by atoms with Gasteiger partial charge in [-0.15, -0.1) is 0 Å². The summed E-state index contributed by atoms with van der Waals surface area (Å²) in [5, 5.41) is 11.2. The largest absolute Gasteiger partial charge is 0.382 e. The molecule has 1 fully saturated rings. The fourth-order valence-corrected chi connectivity index (χ4v) is 2.91. The lowest BCUT2D eigenvalue weighted by Gasteiger charge is -2.22. The van der Waals surface area contributed by atoms with Gasteiger partial charge in [0.25, 0.3) is 5.91 Å². The van der Waals surface area contributed by atoms with Crippen molar-refractivity contribution in [3.05, 3.63) is 17.5 Å². The van der Waals surface area contributed by atoms with Crippen LogP contribution in [0.25, 0.3) is 0 Å². The van der Waals surface area contributed by atoms with Gasteiger partial charge in [-0.2, -0.15) is 0 Å². The molecule has 1 aliphatic heterocycles. The second-order valence-electron chi connectivity index (χ2n) is 8.86. The number of nitrogens with zero attached hydrogens (tertiary/aromatic N) is 1. The molecule has 1 saturated heterocycles. The van der Waals surface area contributed by atoms with Crippen molar-refractivity contribution >= 4 is 23.5 Å². The first kappa shape index (κ1) is 29.2. The molecule has 1 aromatic heterocycles. The van der Waals surface area contributed by atoms with Gasteiger partial charge in [0.1, 0.15) is 17.4 Å². The highest BCUT2D eigenvalue weighted by molar-refractivity contribution is 5.98. The maximum absolute atomic E-state index is 12.6. The molecule has 3 amide bonds. The highest BCUT2D eigenvalue weighted by atomic mass is 16.6. The molecular formula is C23H38N4O7. The minimum Gasteiger partial charge on any atom is -0.382 e. The smallest absolute Gasteiger partial charge is 0.274 e. The molecule has 1 aliphatic rings. The number of nitrogens with one attached hydrogen (secondary N) is 3. The van der Waals surface area contributed by atoms with Crippen molar-refractivity contribution in [1.29, 1.82) is 0 Å². The highest BCUT2D eigenvalue weighted by Gasteiger charge is 2.50. The standard InChI is InChI=1S/C20H30N4O7.C3H8/c1-11(2)6-13(17(26)20(4)10-30-20)22-16(25)8-21-18(27)15(9-29-5)23-19(28)14-7-12(3)31-24-14;1-3-2/h7,11,13,15H,6,8-10H2,1-5H3,(H,21,27)(H,22,25)(H,23,28);3H2,1-2H3/t13-,15?,20+;/m0./s1. The Hall–Kier alpha value is -2.79. The van der Waals surface area contributed by atoms with Gasteiger partial charge < -0.3 is 29.9 Å². The first-order valence-electron chi connectivity index (χ1n) is 11.5.